The Labute approximate surface area is 147 Å². The first-order valence-corrected chi connectivity index (χ1v) is 7.70. The van der Waals surface area contributed by atoms with Crippen molar-refractivity contribution in [3.05, 3.63) is 59.9 Å². The molecule has 0 radical (unpaired) electrons. The number of hydrogen-bond acceptors (Lipinski definition) is 5. The highest BCUT2D eigenvalue weighted by atomic mass is 19.1. The third-order valence-corrected chi connectivity index (χ3v) is 3.51. The van der Waals surface area contributed by atoms with Crippen molar-refractivity contribution in [2.24, 2.45) is 0 Å². The van der Waals surface area contributed by atoms with E-state index in [1.165, 1.54) is 40.1 Å². The summed E-state index contributed by atoms with van der Waals surface area (Å²) >= 11 is 0. The second kappa shape index (κ2) is 7.55. The van der Waals surface area contributed by atoms with Gasteiger partial charge in [-0.2, -0.15) is 5.10 Å². The second-order valence-electron chi connectivity index (χ2n) is 5.44. The summed E-state index contributed by atoms with van der Waals surface area (Å²) < 4.78 is 15.9. The average Bonchev–Trinajstić information content (AvgIpc) is 3.22. The smallest absolute Gasteiger partial charge is 0.354 e. The van der Waals surface area contributed by atoms with Gasteiger partial charge in [-0.1, -0.05) is 12.1 Å². The Morgan fingerprint density at radius 3 is 2.88 bits per heavy atom. The van der Waals surface area contributed by atoms with Crippen LogP contribution >= 0.6 is 0 Å². The summed E-state index contributed by atoms with van der Waals surface area (Å²) in [5, 5.41) is 19.5. The summed E-state index contributed by atoms with van der Waals surface area (Å²) in [4.78, 5) is 26.9. The zero-order valence-electron chi connectivity index (χ0n) is 13.5. The van der Waals surface area contributed by atoms with Crippen LogP contribution in [0.15, 0.2) is 42.9 Å². The summed E-state index contributed by atoms with van der Waals surface area (Å²) in [6.07, 6.45) is 2.80. The lowest BCUT2D eigenvalue weighted by molar-refractivity contribution is -0.116. The molecule has 0 bridgehead atoms. The van der Waals surface area contributed by atoms with Gasteiger partial charge >= 0.3 is 5.97 Å². The molecule has 1 aromatic carbocycles. The first-order chi connectivity index (χ1) is 12.5. The van der Waals surface area contributed by atoms with E-state index >= 15 is 0 Å². The molecule has 134 valence electrons. The van der Waals surface area contributed by atoms with E-state index in [9.17, 15) is 14.0 Å². The van der Waals surface area contributed by atoms with Gasteiger partial charge in [0.05, 0.1) is 13.1 Å². The number of amides is 1. The number of carboxylic acid groups (broad SMARTS) is 1. The molecule has 0 saturated carbocycles. The maximum Gasteiger partial charge on any atom is 0.354 e. The van der Waals surface area contributed by atoms with Gasteiger partial charge in [0.25, 0.3) is 0 Å². The highest BCUT2D eigenvalue weighted by molar-refractivity contribution is 5.89. The number of nitrogens with one attached hydrogen (secondary N) is 1. The molecule has 0 aliphatic heterocycles. The van der Waals surface area contributed by atoms with Crippen molar-refractivity contribution in [2.45, 2.75) is 19.5 Å². The molecule has 26 heavy (non-hydrogen) atoms. The Bertz CT molecular complexity index is 935. The zero-order chi connectivity index (χ0) is 18.5. The molecule has 0 fully saturated rings. The topological polar surface area (TPSA) is 115 Å². The molecular formula is C16H15FN6O3. The van der Waals surface area contributed by atoms with Gasteiger partial charge in [0.1, 0.15) is 17.8 Å². The molecule has 0 aliphatic carbocycles. The molecule has 2 heterocycles. The summed E-state index contributed by atoms with van der Waals surface area (Å²) in [5.41, 5.74) is 0.725. The lowest BCUT2D eigenvalue weighted by atomic mass is 10.2. The van der Waals surface area contributed by atoms with E-state index in [0.717, 1.165) is 0 Å². The van der Waals surface area contributed by atoms with Crippen molar-refractivity contribution in [3.8, 4) is 0 Å². The number of carbonyl (C=O) groups excluding carboxylic acids is 1. The van der Waals surface area contributed by atoms with E-state index in [0.29, 0.717) is 12.1 Å². The molecule has 3 rings (SSSR count). The normalized spacial score (nSPS) is 10.7. The summed E-state index contributed by atoms with van der Waals surface area (Å²) in [6, 6.07) is 7.46. The van der Waals surface area contributed by atoms with E-state index < -0.39 is 5.97 Å². The molecule has 10 heteroatoms. The number of benzene rings is 1. The number of aromatic carboxylic acids is 1. The molecule has 2 aromatic heterocycles. The Morgan fingerprint density at radius 1 is 1.27 bits per heavy atom. The predicted molar refractivity (Wildman–Crippen MR) is 88.0 cm³/mol. The number of halogens is 1. The summed E-state index contributed by atoms with van der Waals surface area (Å²) in [5.74, 6) is -1.71. The van der Waals surface area contributed by atoms with Gasteiger partial charge in [-0.15, -0.1) is 5.10 Å². The lowest BCUT2D eigenvalue weighted by Crippen LogP contribution is -2.18. The quantitative estimate of drug-likeness (QED) is 0.659. The molecule has 3 aromatic rings. The van der Waals surface area contributed by atoms with Gasteiger partial charge in [-0.05, 0) is 23.8 Å². The largest absolute Gasteiger partial charge is 0.477 e. The van der Waals surface area contributed by atoms with Crippen molar-refractivity contribution >= 4 is 17.8 Å². The Kier molecular flexibility index (Phi) is 5.02. The van der Waals surface area contributed by atoms with Crippen LogP contribution in [0.5, 0.6) is 0 Å². The van der Waals surface area contributed by atoms with Crippen LogP contribution in [0.2, 0.25) is 0 Å². The molecule has 2 N–H and O–H groups in total. The number of carboxylic acids is 1. The predicted octanol–water partition coefficient (Wildman–Crippen LogP) is 1.39. The van der Waals surface area contributed by atoms with Gasteiger partial charge < -0.3 is 5.11 Å². The fourth-order valence-electron chi connectivity index (χ4n) is 2.34. The Balaban J connectivity index is 1.54. The molecule has 0 aliphatic rings. The van der Waals surface area contributed by atoms with E-state index in [2.05, 4.69) is 20.5 Å². The van der Waals surface area contributed by atoms with Crippen LogP contribution in [-0.4, -0.2) is 41.5 Å². The second-order valence-corrected chi connectivity index (χ2v) is 5.44. The first kappa shape index (κ1) is 17.3. The SMILES string of the molecule is O=C(CCn1nccc1C(=O)O)Nc1ncn(Cc2cccc(F)c2)n1. The number of hydrogen-bond donors (Lipinski definition) is 2. The van der Waals surface area contributed by atoms with Crippen molar-refractivity contribution in [1.82, 2.24) is 24.5 Å². The molecule has 0 unspecified atom stereocenters. The number of nitrogens with zero attached hydrogens (tertiary/aromatic N) is 5. The lowest BCUT2D eigenvalue weighted by Gasteiger charge is -2.04. The number of carbonyl (C=O) groups is 2. The number of anilines is 1. The monoisotopic (exact) mass is 358 g/mol. The molecule has 0 saturated heterocycles. The minimum absolute atomic E-state index is 0.00953. The Hall–Kier alpha value is -3.56. The van der Waals surface area contributed by atoms with Crippen molar-refractivity contribution in [2.75, 3.05) is 5.32 Å². The standard InChI is InChI=1S/C16H15FN6O3/c17-12-3-1-2-11(8-12)9-22-10-18-16(21-22)20-14(24)5-7-23-13(15(25)26)4-6-19-23/h1-4,6,8,10H,5,7,9H2,(H,25,26)(H,20,21,24). The summed E-state index contributed by atoms with van der Waals surface area (Å²) in [7, 11) is 0. The highest BCUT2D eigenvalue weighted by Gasteiger charge is 2.12. The minimum atomic E-state index is -1.11. The van der Waals surface area contributed by atoms with Gasteiger partial charge in [-0.25, -0.2) is 18.9 Å². The maximum absolute atomic E-state index is 13.2. The van der Waals surface area contributed by atoms with Crippen LogP contribution in [0.4, 0.5) is 10.3 Å². The third-order valence-electron chi connectivity index (χ3n) is 3.51. The van der Waals surface area contributed by atoms with Gasteiger partial charge in [-0.3, -0.25) is 14.8 Å². The van der Waals surface area contributed by atoms with Gasteiger partial charge in [0, 0.05) is 12.6 Å². The van der Waals surface area contributed by atoms with Crippen molar-refractivity contribution in [3.63, 3.8) is 0 Å². The average molecular weight is 358 g/mol. The minimum Gasteiger partial charge on any atom is -0.477 e. The van der Waals surface area contributed by atoms with Crippen LogP contribution in [-0.2, 0) is 17.9 Å². The van der Waals surface area contributed by atoms with Crippen molar-refractivity contribution < 1.29 is 19.1 Å². The van der Waals surface area contributed by atoms with E-state index in [1.54, 1.807) is 12.1 Å². The van der Waals surface area contributed by atoms with Gasteiger partial charge in [0.15, 0.2) is 0 Å². The van der Waals surface area contributed by atoms with E-state index in [-0.39, 0.29) is 36.3 Å². The van der Waals surface area contributed by atoms with Crippen LogP contribution in [0.1, 0.15) is 22.5 Å². The molecule has 0 spiro atoms. The Morgan fingerprint density at radius 2 is 2.12 bits per heavy atom. The van der Waals surface area contributed by atoms with E-state index in [1.807, 2.05) is 0 Å². The third kappa shape index (κ3) is 4.29. The number of aryl methyl sites for hydroxylation is 1. The number of aromatic nitrogens is 5. The van der Waals surface area contributed by atoms with Gasteiger partial charge in [0.2, 0.25) is 11.9 Å². The maximum atomic E-state index is 13.2. The van der Waals surface area contributed by atoms with E-state index in [4.69, 9.17) is 5.11 Å². The number of rotatable bonds is 7. The fourth-order valence-corrected chi connectivity index (χ4v) is 2.34. The van der Waals surface area contributed by atoms with Crippen LogP contribution in [0.3, 0.4) is 0 Å². The van der Waals surface area contributed by atoms with Crippen LogP contribution in [0.25, 0.3) is 0 Å². The zero-order valence-corrected chi connectivity index (χ0v) is 13.5. The first-order valence-electron chi connectivity index (χ1n) is 7.70. The highest BCUT2D eigenvalue weighted by Crippen LogP contribution is 2.07. The van der Waals surface area contributed by atoms with Crippen LogP contribution < -0.4 is 5.32 Å². The fraction of sp³-hybridized carbons (Fsp3) is 0.188. The van der Waals surface area contributed by atoms with Crippen molar-refractivity contribution in [1.29, 1.82) is 0 Å². The molecule has 1 amide bonds. The molecular weight excluding hydrogens is 343 g/mol. The van der Waals surface area contributed by atoms with Crippen LogP contribution in [0, 0.1) is 5.82 Å². The summed E-state index contributed by atoms with van der Waals surface area (Å²) in [6.45, 7) is 0.431. The molecule has 9 nitrogen and oxygen atoms in total. The molecule has 0 atom stereocenters.